The van der Waals surface area contributed by atoms with Crippen molar-refractivity contribution in [3.63, 3.8) is 0 Å². The van der Waals surface area contributed by atoms with Crippen molar-refractivity contribution in [1.82, 2.24) is 10.2 Å². The first-order valence-electron chi connectivity index (χ1n) is 5.16. The highest BCUT2D eigenvalue weighted by Gasteiger charge is 2.29. The summed E-state index contributed by atoms with van der Waals surface area (Å²) in [6.45, 7) is 4.78. The molecule has 14 heavy (non-hydrogen) atoms. The molecule has 0 spiro atoms. The van der Waals surface area contributed by atoms with Crippen molar-refractivity contribution in [2.45, 2.75) is 32.4 Å². The van der Waals surface area contributed by atoms with E-state index >= 15 is 0 Å². The summed E-state index contributed by atoms with van der Waals surface area (Å²) in [5.41, 5.74) is 0. The molecule has 1 saturated heterocycles. The number of hydrogen-bond acceptors (Lipinski definition) is 3. The fourth-order valence-electron chi connectivity index (χ4n) is 1.77. The average Bonchev–Trinajstić information content (AvgIpc) is 2.45. The molecule has 0 unspecified atom stereocenters. The molecule has 1 heterocycles. The molecule has 0 aliphatic carbocycles. The van der Waals surface area contributed by atoms with Crippen LogP contribution in [0.5, 0.6) is 0 Å². The largest absolute Gasteiger partial charge is 0.395 e. The lowest BCUT2D eigenvalue weighted by molar-refractivity contribution is -0.124. The molecule has 0 aromatic carbocycles. The van der Waals surface area contributed by atoms with Crippen LogP contribution >= 0.6 is 0 Å². The maximum absolute atomic E-state index is 11.4. The first kappa shape index (κ1) is 11.5. The molecule has 1 amide bonds. The minimum Gasteiger partial charge on any atom is -0.395 e. The number of rotatable bonds is 3. The molecule has 0 bridgehead atoms. The van der Waals surface area contributed by atoms with Crippen molar-refractivity contribution < 1.29 is 9.90 Å². The molecule has 1 aliphatic heterocycles. The lowest BCUT2D eigenvalue weighted by Crippen LogP contribution is -2.38. The summed E-state index contributed by atoms with van der Waals surface area (Å²) in [7, 11) is 1.97. The van der Waals surface area contributed by atoms with Gasteiger partial charge in [-0.25, -0.2) is 0 Å². The molecule has 2 atom stereocenters. The van der Waals surface area contributed by atoms with E-state index in [1.165, 1.54) is 0 Å². The zero-order valence-corrected chi connectivity index (χ0v) is 9.16. The van der Waals surface area contributed by atoms with E-state index in [0.29, 0.717) is 0 Å². The third kappa shape index (κ3) is 2.69. The van der Waals surface area contributed by atoms with Crippen molar-refractivity contribution in [1.29, 1.82) is 0 Å². The second-order valence-corrected chi connectivity index (χ2v) is 4.37. The Bertz CT molecular complexity index is 206. The van der Waals surface area contributed by atoms with Crippen molar-refractivity contribution in [2.24, 2.45) is 5.92 Å². The molecule has 4 heteroatoms. The van der Waals surface area contributed by atoms with Crippen LogP contribution in [0.25, 0.3) is 0 Å². The Kier molecular flexibility index (Phi) is 3.89. The van der Waals surface area contributed by atoms with E-state index in [1.54, 1.807) is 0 Å². The van der Waals surface area contributed by atoms with Gasteiger partial charge in [-0.05, 0) is 13.5 Å². The molecule has 0 aromatic rings. The maximum atomic E-state index is 11.4. The number of likely N-dealkylation sites (N-methyl/N-ethyl adjacent to an activating group) is 1. The number of nitrogens with one attached hydrogen (secondary N) is 1. The normalized spacial score (nSPS) is 28.4. The van der Waals surface area contributed by atoms with Gasteiger partial charge in [-0.3, -0.25) is 9.69 Å². The predicted octanol–water partition coefficient (Wildman–Crippen LogP) is -0.176. The minimum absolute atomic E-state index is 0.0356. The van der Waals surface area contributed by atoms with Crippen LogP contribution in [0.15, 0.2) is 0 Å². The Labute approximate surface area is 85.3 Å². The molecule has 0 aromatic heterocycles. The van der Waals surface area contributed by atoms with Crippen molar-refractivity contribution >= 4 is 5.91 Å². The average molecular weight is 200 g/mol. The van der Waals surface area contributed by atoms with Gasteiger partial charge in [-0.15, -0.1) is 0 Å². The van der Waals surface area contributed by atoms with E-state index in [-0.39, 0.29) is 30.5 Å². The van der Waals surface area contributed by atoms with Crippen LogP contribution < -0.4 is 5.32 Å². The van der Waals surface area contributed by atoms with Gasteiger partial charge < -0.3 is 10.4 Å². The van der Waals surface area contributed by atoms with E-state index in [0.717, 1.165) is 13.0 Å². The van der Waals surface area contributed by atoms with Gasteiger partial charge in [0.15, 0.2) is 0 Å². The van der Waals surface area contributed by atoms with Crippen LogP contribution in [0.3, 0.4) is 0 Å². The van der Waals surface area contributed by atoms with Gasteiger partial charge in [0.1, 0.15) is 0 Å². The summed E-state index contributed by atoms with van der Waals surface area (Å²) in [6, 6.07) is 0.402. The van der Waals surface area contributed by atoms with E-state index in [4.69, 9.17) is 5.11 Å². The quantitative estimate of drug-likeness (QED) is 0.664. The van der Waals surface area contributed by atoms with Crippen molar-refractivity contribution in [3.05, 3.63) is 0 Å². The second kappa shape index (κ2) is 4.75. The van der Waals surface area contributed by atoms with Crippen LogP contribution in [0.2, 0.25) is 0 Å². The van der Waals surface area contributed by atoms with Gasteiger partial charge in [-0.1, -0.05) is 13.8 Å². The molecule has 0 radical (unpaired) electrons. The lowest BCUT2D eigenvalue weighted by atomic mass is 10.1. The summed E-state index contributed by atoms with van der Waals surface area (Å²) in [5.74, 6) is 0.135. The molecule has 4 nitrogen and oxygen atoms in total. The Balaban J connectivity index is 2.38. The molecular formula is C10H20N2O2. The number of nitrogens with zero attached hydrogens (tertiary/aromatic N) is 1. The number of amides is 1. The number of aliphatic hydroxyl groups excluding tert-OH is 1. The predicted molar refractivity (Wildman–Crippen MR) is 54.9 cm³/mol. The van der Waals surface area contributed by atoms with Gasteiger partial charge in [0.25, 0.3) is 0 Å². The van der Waals surface area contributed by atoms with Crippen molar-refractivity contribution in [2.75, 3.05) is 20.2 Å². The maximum Gasteiger partial charge on any atom is 0.222 e. The molecule has 0 saturated carbocycles. The van der Waals surface area contributed by atoms with Crippen LogP contribution in [0, 0.1) is 5.92 Å². The Hall–Kier alpha value is -0.610. The number of carbonyl (C=O) groups excluding carboxylic acids is 1. The number of hydrogen-bond donors (Lipinski definition) is 2. The molecule has 2 N–H and O–H groups in total. The Morgan fingerprint density at radius 1 is 1.64 bits per heavy atom. The van der Waals surface area contributed by atoms with E-state index < -0.39 is 0 Å². The monoisotopic (exact) mass is 200 g/mol. The van der Waals surface area contributed by atoms with Crippen LogP contribution in [-0.2, 0) is 4.79 Å². The standard InChI is InChI=1S/C10H20N2O2/c1-7(2)10(14)11-8-4-9(6-13)12(3)5-8/h7-9,13H,4-6H2,1-3H3,(H,11,14)/t8-,9-/m0/s1. The number of likely N-dealkylation sites (tertiary alicyclic amines) is 1. The van der Waals surface area contributed by atoms with Gasteiger partial charge in [0.2, 0.25) is 5.91 Å². The highest BCUT2D eigenvalue weighted by molar-refractivity contribution is 5.78. The third-order valence-corrected chi connectivity index (χ3v) is 2.77. The first-order valence-corrected chi connectivity index (χ1v) is 5.16. The highest BCUT2D eigenvalue weighted by Crippen LogP contribution is 2.15. The van der Waals surface area contributed by atoms with Gasteiger partial charge in [-0.2, -0.15) is 0 Å². The fraction of sp³-hybridized carbons (Fsp3) is 0.900. The van der Waals surface area contributed by atoms with Gasteiger partial charge in [0, 0.05) is 24.5 Å². The molecule has 1 rings (SSSR count). The molecular weight excluding hydrogens is 180 g/mol. The number of aliphatic hydroxyl groups is 1. The Morgan fingerprint density at radius 2 is 2.29 bits per heavy atom. The summed E-state index contributed by atoms with van der Waals surface area (Å²) < 4.78 is 0. The van der Waals surface area contributed by atoms with E-state index in [9.17, 15) is 4.79 Å². The fourth-order valence-corrected chi connectivity index (χ4v) is 1.77. The Morgan fingerprint density at radius 3 is 2.71 bits per heavy atom. The number of carbonyl (C=O) groups is 1. The summed E-state index contributed by atoms with van der Waals surface area (Å²) >= 11 is 0. The van der Waals surface area contributed by atoms with Crippen LogP contribution in [-0.4, -0.2) is 48.2 Å². The van der Waals surface area contributed by atoms with Crippen LogP contribution in [0.1, 0.15) is 20.3 Å². The zero-order valence-electron chi connectivity index (χ0n) is 9.16. The second-order valence-electron chi connectivity index (χ2n) is 4.37. The molecule has 1 fully saturated rings. The van der Waals surface area contributed by atoms with Gasteiger partial charge in [0.05, 0.1) is 6.61 Å². The van der Waals surface area contributed by atoms with Crippen LogP contribution in [0.4, 0.5) is 0 Å². The first-order chi connectivity index (χ1) is 6.54. The topological polar surface area (TPSA) is 52.6 Å². The molecule has 82 valence electrons. The summed E-state index contributed by atoms with van der Waals surface area (Å²) in [6.07, 6.45) is 0.853. The zero-order chi connectivity index (χ0) is 10.7. The van der Waals surface area contributed by atoms with Gasteiger partial charge >= 0.3 is 0 Å². The summed E-state index contributed by atoms with van der Waals surface area (Å²) in [4.78, 5) is 13.5. The lowest BCUT2D eigenvalue weighted by Gasteiger charge is -2.15. The third-order valence-electron chi connectivity index (χ3n) is 2.77. The smallest absolute Gasteiger partial charge is 0.222 e. The molecule has 1 aliphatic rings. The van der Waals surface area contributed by atoms with E-state index in [2.05, 4.69) is 10.2 Å². The minimum atomic E-state index is 0.0356. The van der Waals surface area contributed by atoms with E-state index in [1.807, 2.05) is 20.9 Å². The van der Waals surface area contributed by atoms with Crippen molar-refractivity contribution in [3.8, 4) is 0 Å². The SMILES string of the molecule is CC(C)C(=O)N[C@H]1C[C@@H](CO)N(C)C1. The highest BCUT2D eigenvalue weighted by atomic mass is 16.3. The summed E-state index contributed by atoms with van der Waals surface area (Å²) in [5, 5.41) is 12.0.